The quantitative estimate of drug-likeness (QED) is 0.683. The second kappa shape index (κ2) is 6.11. The van der Waals surface area contributed by atoms with Gasteiger partial charge >= 0.3 is 0 Å². The zero-order valence-electron chi connectivity index (χ0n) is 12.6. The highest BCUT2D eigenvalue weighted by molar-refractivity contribution is 5.96. The summed E-state index contributed by atoms with van der Waals surface area (Å²) in [6.45, 7) is 4.99. The fourth-order valence-corrected chi connectivity index (χ4v) is 2.93. The van der Waals surface area contributed by atoms with Gasteiger partial charge in [-0.05, 0) is 30.9 Å². The van der Waals surface area contributed by atoms with E-state index in [4.69, 9.17) is 0 Å². The number of hydrogen-bond donors (Lipinski definition) is 1. The number of carbonyl (C=O) groups excluding carboxylic acids is 1. The summed E-state index contributed by atoms with van der Waals surface area (Å²) in [7, 11) is 1.61. The number of nitrogens with one attached hydrogen (secondary N) is 1. The maximum absolute atomic E-state index is 12.6. The number of likely N-dealkylation sites (tertiary alicyclic amines) is 1. The number of nitro groups is 1. The Kier molecular flexibility index (Phi) is 4.45. The van der Waals surface area contributed by atoms with Crippen LogP contribution < -0.4 is 5.32 Å². The lowest BCUT2D eigenvalue weighted by molar-refractivity contribution is -0.383. The van der Waals surface area contributed by atoms with E-state index in [1.54, 1.807) is 13.1 Å². The SMILES string of the molecule is CNc1cc(C(=O)N2CCCC2C(C)C)ccc1[N+](=O)[O-]. The van der Waals surface area contributed by atoms with Gasteiger partial charge in [-0.25, -0.2) is 0 Å². The zero-order valence-corrected chi connectivity index (χ0v) is 12.6. The van der Waals surface area contributed by atoms with Crippen LogP contribution in [-0.4, -0.2) is 35.4 Å². The Morgan fingerprint density at radius 3 is 2.76 bits per heavy atom. The molecule has 1 N–H and O–H groups in total. The first-order valence-electron chi connectivity index (χ1n) is 7.23. The zero-order chi connectivity index (χ0) is 15.6. The Bertz CT molecular complexity index is 557. The number of amides is 1. The van der Waals surface area contributed by atoms with Gasteiger partial charge in [0.05, 0.1) is 4.92 Å². The predicted octanol–water partition coefficient (Wildman–Crippen LogP) is 2.90. The molecule has 6 heteroatoms. The van der Waals surface area contributed by atoms with Gasteiger partial charge in [0, 0.05) is 31.3 Å². The van der Waals surface area contributed by atoms with Crippen molar-refractivity contribution in [2.75, 3.05) is 18.9 Å². The lowest BCUT2D eigenvalue weighted by Crippen LogP contribution is -2.38. The summed E-state index contributed by atoms with van der Waals surface area (Å²) >= 11 is 0. The fourth-order valence-electron chi connectivity index (χ4n) is 2.93. The van der Waals surface area contributed by atoms with Crippen molar-refractivity contribution in [3.8, 4) is 0 Å². The van der Waals surface area contributed by atoms with E-state index >= 15 is 0 Å². The van der Waals surface area contributed by atoms with Gasteiger partial charge in [-0.15, -0.1) is 0 Å². The van der Waals surface area contributed by atoms with E-state index in [2.05, 4.69) is 19.2 Å². The van der Waals surface area contributed by atoms with Crippen molar-refractivity contribution in [3.63, 3.8) is 0 Å². The second-order valence-electron chi connectivity index (χ2n) is 5.69. The molecule has 0 spiro atoms. The first-order valence-corrected chi connectivity index (χ1v) is 7.23. The van der Waals surface area contributed by atoms with Crippen molar-refractivity contribution in [1.82, 2.24) is 4.90 Å². The summed E-state index contributed by atoms with van der Waals surface area (Å²) in [4.78, 5) is 25.0. The van der Waals surface area contributed by atoms with Gasteiger partial charge in [-0.1, -0.05) is 13.8 Å². The number of benzene rings is 1. The number of anilines is 1. The Morgan fingerprint density at radius 1 is 1.48 bits per heavy atom. The first kappa shape index (κ1) is 15.3. The molecule has 0 aromatic heterocycles. The third-order valence-electron chi connectivity index (χ3n) is 4.04. The minimum Gasteiger partial charge on any atom is -0.383 e. The standard InChI is InChI=1S/C15H21N3O3/c1-10(2)13-5-4-8-17(13)15(19)11-6-7-14(18(20)21)12(9-11)16-3/h6-7,9-10,13,16H,4-5,8H2,1-3H3. The van der Waals surface area contributed by atoms with E-state index in [-0.39, 0.29) is 17.6 Å². The molecule has 1 aliphatic rings. The minimum absolute atomic E-state index is 0.0177. The average molecular weight is 291 g/mol. The molecule has 2 rings (SSSR count). The molecule has 1 amide bonds. The van der Waals surface area contributed by atoms with Crippen molar-refractivity contribution >= 4 is 17.3 Å². The summed E-state index contributed by atoms with van der Waals surface area (Å²) in [6, 6.07) is 4.75. The van der Waals surface area contributed by atoms with E-state index in [0.717, 1.165) is 19.4 Å². The smallest absolute Gasteiger partial charge is 0.292 e. The van der Waals surface area contributed by atoms with Crippen LogP contribution in [0.3, 0.4) is 0 Å². The van der Waals surface area contributed by atoms with Crippen LogP contribution in [0, 0.1) is 16.0 Å². The summed E-state index contributed by atoms with van der Waals surface area (Å²) in [6.07, 6.45) is 2.04. The van der Waals surface area contributed by atoms with E-state index in [9.17, 15) is 14.9 Å². The maximum Gasteiger partial charge on any atom is 0.292 e. The highest BCUT2D eigenvalue weighted by atomic mass is 16.6. The van der Waals surface area contributed by atoms with E-state index < -0.39 is 4.92 Å². The molecule has 0 aliphatic carbocycles. The van der Waals surface area contributed by atoms with Gasteiger partial charge < -0.3 is 10.2 Å². The maximum atomic E-state index is 12.6. The Hall–Kier alpha value is -2.11. The van der Waals surface area contributed by atoms with Crippen LogP contribution in [0.1, 0.15) is 37.0 Å². The van der Waals surface area contributed by atoms with Gasteiger partial charge in [0.1, 0.15) is 5.69 Å². The van der Waals surface area contributed by atoms with Crippen molar-refractivity contribution < 1.29 is 9.72 Å². The lowest BCUT2D eigenvalue weighted by Gasteiger charge is -2.27. The topological polar surface area (TPSA) is 75.5 Å². The molecule has 0 radical (unpaired) electrons. The van der Waals surface area contributed by atoms with Gasteiger partial charge in [0.25, 0.3) is 11.6 Å². The normalized spacial score (nSPS) is 18.1. The minimum atomic E-state index is -0.452. The number of carbonyl (C=O) groups is 1. The molecule has 0 saturated carbocycles. The first-order chi connectivity index (χ1) is 9.95. The molecule has 6 nitrogen and oxygen atoms in total. The predicted molar refractivity (Wildman–Crippen MR) is 81.5 cm³/mol. The Labute approximate surface area is 124 Å². The van der Waals surface area contributed by atoms with Crippen LogP contribution in [0.5, 0.6) is 0 Å². The van der Waals surface area contributed by atoms with Crippen LogP contribution in [0.4, 0.5) is 11.4 Å². The summed E-state index contributed by atoms with van der Waals surface area (Å²) in [5.74, 6) is 0.371. The van der Waals surface area contributed by atoms with Crippen molar-refractivity contribution in [2.24, 2.45) is 5.92 Å². The molecular formula is C15H21N3O3. The molecule has 114 valence electrons. The van der Waals surface area contributed by atoms with Gasteiger partial charge in [0.2, 0.25) is 0 Å². The molecule has 1 aromatic carbocycles. The molecule has 1 aliphatic heterocycles. The van der Waals surface area contributed by atoms with Gasteiger partial charge in [-0.2, -0.15) is 0 Å². The number of nitrogens with zero attached hydrogens (tertiary/aromatic N) is 2. The Morgan fingerprint density at radius 2 is 2.19 bits per heavy atom. The van der Waals surface area contributed by atoms with E-state index in [1.165, 1.54) is 12.1 Å². The van der Waals surface area contributed by atoms with E-state index in [0.29, 0.717) is 17.2 Å². The van der Waals surface area contributed by atoms with Crippen LogP contribution in [0.25, 0.3) is 0 Å². The van der Waals surface area contributed by atoms with Crippen molar-refractivity contribution in [3.05, 3.63) is 33.9 Å². The van der Waals surface area contributed by atoms with Gasteiger partial charge in [0.15, 0.2) is 0 Å². The fraction of sp³-hybridized carbons (Fsp3) is 0.533. The van der Waals surface area contributed by atoms with Crippen molar-refractivity contribution in [1.29, 1.82) is 0 Å². The van der Waals surface area contributed by atoms with Crippen LogP contribution in [-0.2, 0) is 0 Å². The number of hydrogen-bond acceptors (Lipinski definition) is 4. The molecular weight excluding hydrogens is 270 g/mol. The van der Waals surface area contributed by atoms with Gasteiger partial charge in [-0.3, -0.25) is 14.9 Å². The highest BCUT2D eigenvalue weighted by Gasteiger charge is 2.31. The summed E-state index contributed by atoms with van der Waals surface area (Å²) in [5, 5.41) is 13.7. The molecule has 1 unspecified atom stereocenters. The molecule has 21 heavy (non-hydrogen) atoms. The summed E-state index contributed by atoms with van der Waals surface area (Å²) in [5.41, 5.74) is 0.847. The molecule has 0 bridgehead atoms. The third-order valence-corrected chi connectivity index (χ3v) is 4.04. The van der Waals surface area contributed by atoms with Crippen molar-refractivity contribution in [2.45, 2.75) is 32.7 Å². The van der Waals surface area contributed by atoms with Crippen LogP contribution in [0.15, 0.2) is 18.2 Å². The number of nitro benzene ring substituents is 1. The van der Waals surface area contributed by atoms with Crippen LogP contribution >= 0.6 is 0 Å². The van der Waals surface area contributed by atoms with E-state index in [1.807, 2.05) is 4.90 Å². The molecule has 1 heterocycles. The van der Waals surface area contributed by atoms with Crippen LogP contribution in [0.2, 0.25) is 0 Å². The highest BCUT2D eigenvalue weighted by Crippen LogP contribution is 2.29. The summed E-state index contributed by atoms with van der Waals surface area (Å²) < 4.78 is 0. The molecule has 1 atom stereocenters. The molecule has 1 aromatic rings. The number of rotatable bonds is 4. The Balaban J connectivity index is 2.29. The largest absolute Gasteiger partial charge is 0.383 e. The molecule has 1 saturated heterocycles. The average Bonchev–Trinajstić information content (AvgIpc) is 2.95. The molecule has 1 fully saturated rings. The monoisotopic (exact) mass is 291 g/mol. The second-order valence-corrected chi connectivity index (χ2v) is 5.69. The lowest BCUT2D eigenvalue weighted by atomic mass is 10.0. The third kappa shape index (κ3) is 2.99.